The lowest BCUT2D eigenvalue weighted by atomic mass is 10.2. The maximum atomic E-state index is 10.8. The minimum atomic E-state index is -0.465. The van der Waals surface area contributed by atoms with Crippen LogP contribution in [0.4, 0.5) is 0 Å². The molecule has 1 aromatic heterocycles. The van der Waals surface area contributed by atoms with E-state index < -0.39 is 5.91 Å². The standard InChI is InChI=1S/C10H8ClN3O2S/c11-10-14-13-8(17-10)5-16-7-3-1-6(2-4-7)9(12)15/h1-4H,5H2,(H2,12,15). The number of aromatic nitrogens is 2. The SMILES string of the molecule is NC(=O)c1ccc(OCc2nnc(Cl)s2)cc1. The van der Waals surface area contributed by atoms with Gasteiger partial charge in [0.05, 0.1) is 0 Å². The second-order valence-corrected chi connectivity index (χ2v) is 4.77. The van der Waals surface area contributed by atoms with Crippen molar-refractivity contribution in [2.24, 2.45) is 5.73 Å². The van der Waals surface area contributed by atoms with Gasteiger partial charge >= 0.3 is 0 Å². The maximum absolute atomic E-state index is 10.8. The lowest BCUT2D eigenvalue weighted by Gasteiger charge is -2.03. The van der Waals surface area contributed by atoms with Crippen molar-refractivity contribution in [3.05, 3.63) is 39.3 Å². The van der Waals surface area contributed by atoms with Gasteiger partial charge in [-0.3, -0.25) is 4.79 Å². The Bertz CT molecular complexity index is 527. The molecule has 2 N–H and O–H groups in total. The molecule has 88 valence electrons. The van der Waals surface area contributed by atoms with E-state index in [0.29, 0.717) is 27.4 Å². The lowest BCUT2D eigenvalue weighted by molar-refractivity contribution is 0.100. The number of carbonyl (C=O) groups excluding carboxylic acids is 1. The third-order valence-corrected chi connectivity index (χ3v) is 2.94. The van der Waals surface area contributed by atoms with Crippen LogP contribution >= 0.6 is 22.9 Å². The number of halogens is 1. The number of hydrogen-bond acceptors (Lipinski definition) is 5. The number of rotatable bonds is 4. The Balaban J connectivity index is 1.97. The fraction of sp³-hybridized carbons (Fsp3) is 0.100. The number of benzene rings is 1. The highest BCUT2D eigenvalue weighted by atomic mass is 35.5. The van der Waals surface area contributed by atoms with Crippen LogP contribution in [0.3, 0.4) is 0 Å². The van der Waals surface area contributed by atoms with E-state index in [1.807, 2.05) is 0 Å². The molecule has 0 aliphatic carbocycles. The summed E-state index contributed by atoms with van der Waals surface area (Å²) in [5.41, 5.74) is 5.56. The van der Waals surface area contributed by atoms with Gasteiger partial charge in [0.2, 0.25) is 10.4 Å². The summed E-state index contributed by atoms with van der Waals surface area (Å²) in [7, 11) is 0. The summed E-state index contributed by atoms with van der Waals surface area (Å²) in [6.45, 7) is 0.292. The second-order valence-electron chi connectivity index (χ2n) is 3.13. The average Bonchev–Trinajstić information content (AvgIpc) is 2.73. The number of hydrogen-bond donors (Lipinski definition) is 1. The molecule has 2 aromatic rings. The third kappa shape index (κ3) is 3.15. The normalized spacial score (nSPS) is 10.2. The van der Waals surface area contributed by atoms with Crippen LogP contribution in [0.15, 0.2) is 24.3 Å². The van der Waals surface area contributed by atoms with Crippen LogP contribution in [0.25, 0.3) is 0 Å². The van der Waals surface area contributed by atoms with Crippen molar-refractivity contribution in [2.75, 3.05) is 0 Å². The highest BCUT2D eigenvalue weighted by molar-refractivity contribution is 7.15. The van der Waals surface area contributed by atoms with E-state index in [4.69, 9.17) is 22.1 Å². The van der Waals surface area contributed by atoms with Gasteiger partial charge in [0, 0.05) is 5.56 Å². The summed E-state index contributed by atoms with van der Waals surface area (Å²) < 4.78 is 5.82. The van der Waals surface area contributed by atoms with Crippen LogP contribution in [0.5, 0.6) is 5.75 Å². The van der Waals surface area contributed by atoms with Gasteiger partial charge in [0.15, 0.2) is 5.01 Å². The molecule has 0 unspecified atom stereocenters. The van der Waals surface area contributed by atoms with Gasteiger partial charge < -0.3 is 10.5 Å². The fourth-order valence-corrected chi connectivity index (χ4v) is 1.93. The highest BCUT2D eigenvalue weighted by Crippen LogP contribution is 2.18. The zero-order valence-electron chi connectivity index (χ0n) is 8.59. The molecule has 1 heterocycles. The van der Waals surface area contributed by atoms with Crippen LogP contribution in [0.1, 0.15) is 15.4 Å². The molecule has 0 spiro atoms. The molecule has 0 saturated carbocycles. The van der Waals surface area contributed by atoms with Crippen molar-refractivity contribution in [1.29, 1.82) is 0 Å². The summed E-state index contributed by atoms with van der Waals surface area (Å²) in [6, 6.07) is 6.54. The van der Waals surface area contributed by atoms with Crippen molar-refractivity contribution in [3.8, 4) is 5.75 Å². The summed E-state index contributed by atoms with van der Waals surface area (Å²) in [5.74, 6) is 0.161. The molecule has 0 aliphatic rings. The molecule has 0 atom stereocenters. The van der Waals surface area contributed by atoms with E-state index in [-0.39, 0.29) is 0 Å². The molecule has 7 heteroatoms. The monoisotopic (exact) mass is 269 g/mol. The zero-order chi connectivity index (χ0) is 12.3. The van der Waals surface area contributed by atoms with E-state index in [9.17, 15) is 4.79 Å². The van der Waals surface area contributed by atoms with E-state index in [1.165, 1.54) is 11.3 Å². The second kappa shape index (κ2) is 5.11. The topological polar surface area (TPSA) is 78.1 Å². The largest absolute Gasteiger partial charge is 0.486 e. The molecular weight excluding hydrogens is 262 g/mol. The van der Waals surface area contributed by atoms with Gasteiger partial charge in [0.25, 0.3) is 0 Å². The average molecular weight is 270 g/mol. The first-order valence-corrected chi connectivity index (χ1v) is 5.85. The molecule has 0 saturated heterocycles. The maximum Gasteiger partial charge on any atom is 0.248 e. The molecule has 0 bridgehead atoms. The number of carbonyl (C=O) groups is 1. The molecular formula is C10H8ClN3O2S. The van der Waals surface area contributed by atoms with E-state index in [1.54, 1.807) is 24.3 Å². The first-order chi connectivity index (χ1) is 8.15. The summed E-state index contributed by atoms with van der Waals surface area (Å²) in [6.07, 6.45) is 0. The van der Waals surface area contributed by atoms with Gasteiger partial charge in [-0.1, -0.05) is 11.3 Å². The molecule has 0 radical (unpaired) electrons. The van der Waals surface area contributed by atoms with Gasteiger partial charge in [-0.25, -0.2) is 0 Å². The Hall–Kier alpha value is -1.66. The lowest BCUT2D eigenvalue weighted by Crippen LogP contribution is -2.10. The van der Waals surface area contributed by atoms with Crippen molar-refractivity contribution < 1.29 is 9.53 Å². The van der Waals surface area contributed by atoms with E-state index >= 15 is 0 Å². The Morgan fingerprint density at radius 3 is 2.59 bits per heavy atom. The number of amides is 1. The third-order valence-electron chi connectivity index (χ3n) is 1.94. The zero-order valence-corrected chi connectivity index (χ0v) is 10.2. The molecule has 0 aliphatic heterocycles. The molecule has 17 heavy (non-hydrogen) atoms. The first-order valence-electron chi connectivity index (χ1n) is 4.65. The molecule has 2 rings (SSSR count). The number of ether oxygens (including phenoxy) is 1. The van der Waals surface area contributed by atoms with Crippen LogP contribution in [0.2, 0.25) is 4.47 Å². The van der Waals surface area contributed by atoms with Crippen molar-refractivity contribution in [2.45, 2.75) is 6.61 Å². The van der Waals surface area contributed by atoms with E-state index in [0.717, 1.165) is 0 Å². The van der Waals surface area contributed by atoms with Gasteiger partial charge in [-0.2, -0.15) is 0 Å². The molecule has 0 fully saturated rings. The minimum absolute atomic E-state index is 0.292. The molecule has 1 aromatic carbocycles. The van der Waals surface area contributed by atoms with Crippen molar-refractivity contribution >= 4 is 28.8 Å². The smallest absolute Gasteiger partial charge is 0.248 e. The predicted molar refractivity (Wildman–Crippen MR) is 64.2 cm³/mol. The predicted octanol–water partition coefficient (Wildman–Crippen LogP) is 1.87. The van der Waals surface area contributed by atoms with Crippen LogP contribution in [-0.2, 0) is 6.61 Å². The number of nitrogens with two attached hydrogens (primary N) is 1. The van der Waals surface area contributed by atoms with Crippen molar-refractivity contribution in [1.82, 2.24) is 10.2 Å². The quantitative estimate of drug-likeness (QED) is 0.919. The van der Waals surface area contributed by atoms with Crippen molar-refractivity contribution in [3.63, 3.8) is 0 Å². The van der Waals surface area contributed by atoms with Crippen LogP contribution in [0, 0.1) is 0 Å². The van der Waals surface area contributed by atoms with Crippen LogP contribution < -0.4 is 10.5 Å². The fourth-order valence-electron chi connectivity index (χ4n) is 1.15. The number of nitrogens with zero attached hydrogens (tertiary/aromatic N) is 2. The Morgan fingerprint density at radius 1 is 1.35 bits per heavy atom. The Labute approximate surface area is 106 Å². The summed E-state index contributed by atoms with van der Waals surface area (Å²) in [4.78, 5) is 10.8. The molecule has 1 amide bonds. The molecule has 5 nitrogen and oxygen atoms in total. The Morgan fingerprint density at radius 2 is 2.06 bits per heavy atom. The van der Waals surface area contributed by atoms with Gasteiger partial charge in [-0.15, -0.1) is 10.2 Å². The van der Waals surface area contributed by atoms with Gasteiger partial charge in [0.1, 0.15) is 12.4 Å². The summed E-state index contributed by atoms with van der Waals surface area (Å²) >= 11 is 6.89. The van der Waals surface area contributed by atoms with Gasteiger partial charge in [-0.05, 0) is 35.9 Å². The Kier molecular flexibility index (Phi) is 3.55. The summed E-state index contributed by atoms with van der Waals surface area (Å²) in [5, 5.41) is 8.16. The van der Waals surface area contributed by atoms with E-state index in [2.05, 4.69) is 10.2 Å². The minimum Gasteiger partial charge on any atom is -0.486 e. The highest BCUT2D eigenvalue weighted by Gasteiger charge is 2.04. The number of primary amides is 1. The first kappa shape index (κ1) is 11.8. The van der Waals surface area contributed by atoms with Crippen LogP contribution in [-0.4, -0.2) is 16.1 Å².